The van der Waals surface area contributed by atoms with E-state index in [0.717, 1.165) is 35.9 Å². The first-order valence-electron chi connectivity index (χ1n) is 7.68. The van der Waals surface area contributed by atoms with Crippen molar-refractivity contribution in [1.82, 2.24) is 14.7 Å². The van der Waals surface area contributed by atoms with Crippen molar-refractivity contribution in [3.63, 3.8) is 0 Å². The van der Waals surface area contributed by atoms with Crippen LogP contribution in [0.2, 0.25) is 5.02 Å². The molecule has 0 amide bonds. The third-order valence-corrected chi connectivity index (χ3v) is 5.55. The van der Waals surface area contributed by atoms with Crippen LogP contribution >= 0.6 is 11.6 Å². The topological polar surface area (TPSA) is 41.3 Å². The van der Waals surface area contributed by atoms with Crippen molar-refractivity contribution < 1.29 is 5.11 Å². The summed E-state index contributed by atoms with van der Waals surface area (Å²) in [5.74, 6) is 0.450. The zero-order valence-corrected chi connectivity index (χ0v) is 13.1. The summed E-state index contributed by atoms with van der Waals surface area (Å²) in [5.41, 5.74) is 2.00. The summed E-state index contributed by atoms with van der Waals surface area (Å²) < 4.78 is 1.90. The molecule has 1 aliphatic carbocycles. The molecule has 0 aromatic carbocycles. The first kappa shape index (κ1) is 14.4. The van der Waals surface area contributed by atoms with Crippen molar-refractivity contribution >= 4 is 11.6 Å². The molecule has 20 heavy (non-hydrogen) atoms. The van der Waals surface area contributed by atoms with Crippen LogP contribution in [0.15, 0.2) is 0 Å². The summed E-state index contributed by atoms with van der Waals surface area (Å²) in [6.07, 6.45) is 5.63. The summed E-state index contributed by atoms with van der Waals surface area (Å²) in [7, 11) is 1.96. The maximum atomic E-state index is 10.2. The number of hydrogen-bond acceptors (Lipinski definition) is 3. The molecule has 4 nitrogen and oxygen atoms in total. The van der Waals surface area contributed by atoms with Gasteiger partial charge in [-0.05, 0) is 39.2 Å². The molecule has 0 radical (unpaired) electrons. The molecule has 0 bridgehead atoms. The monoisotopic (exact) mass is 297 g/mol. The Morgan fingerprint density at radius 1 is 1.30 bits per heavy atom. The number of aryl methyl sites for hydroxylation is 2. The molecule has 1 aromatic heterocycles. The molecule has 1 saturated carbocycles. The van der Waals surface area contributed by atoms with Gasteiger partial charge in [0, 0.05) is 25.6 Å². The minimum Gasteiger partial charge on any atom is -0.393 e. The summed E-state index contributed by atoms with van der Waals surface area (Å²) in [5, 5.41) is 15.4. The smallest absolute Gasteiger partial charge is 0.0860 e. The van der Waals surface area contributed by atoms with E-state index in [1.807, 2.05) is 18.7 Å². The van der Waals surface area contributed by atoms with Gasteiger partial charge in [-0.3, -0.25) is 9.58 Å². The molecular formula is C15H24ClN3O. The molecule has 0 spiro atoms. The highest BCUT2D eigenvalue weighted by Gasteiger charge is 2.38. The number of rotatable bonds is 3. The van der Waals surface area contributed by atoms with E-state index in [9.17, 15) is 5.11 Å². The zero-order valence-electron chi connectivity index (χ0n) is 12.3. The number of aliphatic hydroxyl groups excluding tert-OH is 1. The molecule has 3 rings (SSSR count). The Morgan fingerprint density at radius 2 is 2.10 bits per heavy atom. The van der Waals surface area contributed by atoms with E-state index >= 15 is 0 Å². The third-order valence-electron chi connectivity index (χ3n) is 5.05. The molecule has 1 aromatic rings. The molecule has 1 N–H and O–H groups in total. The molecule has 3 unspecified atom stereocenters. The lowest BCUT2D eigenvalue weighted by molar-refractivity contribution is 0.0710. The predicted molar refractivity (Wildman–Crippen MR) is 79.7 cm³/mol. The molecule has 2 heterocycles. The van der Waals surface area contributed by atoms with Crippen molar-refractivity contribution in [2.24, 2.45) is 13.0 Å². The van der Waals surface area contributed by atoms with E-state index in [4.69, 9.17) is 11.6 Å². The quantitative estimate of drug-likeness (QED) is 0.932. The lowest BCUT2D eigenvalue weighted by Crippen LogP contribution is -2.38. The van der Waals surface area contributed by atoms with Gasteiger partial charge in [0.25, 0.3) is 0 Å². The van der Waals surface area contributed by atoms with Crippen LogP contribution in [0.5, 0.6) is 0 Å². The fourth-order valence-electron chi connectivity index (χ4n) is 4.00. The van der Waals surface area contributed by atoms with Crippen LogP contribution in [-0.4, -0.2) is 38.5 Å². The summed E-state index contributed by atoms with van der Waals surface area (Å²) >= 11 is 6.37. The van der Waals surface area contributed by atoms with Gasteiger partial charge in [-0.1, -0.05) is 18.0 Å². The molecule has 2 fully saturated rings. The molecular weight excluding hydrogens is 274 g/mol. The second kappa shape index (κ2) is 5.66. The SMILES string of the molecule is Cc1nn(C)c(CN2CCCC2C2CCCC2O)c1Cl. The highest BCUT2D eigenvalue weighted by Crippen LogP contribution is 2.37. The molecule has 1 aliphatic heterocycles. The van der Waals surface area contributed by atoms with Crippen molar-refractivity contribution in [1.29, 1.82) is 0 Å². The highest BCUT2D eigenvalue weighted by atomic mass is 35.5. The van der Waals surface area contributed by atoms with Gasteiger partial charge < -0.3 is 5.11 Å². The van der Waals surface area contributed by atoms with Crippen LogP contribution in [0.3, 0.4) is 0 Å². The number of likely N-dealkylation sites (tertiary alicyclic amines) is 1. The van der Waals surface area contributed by atoms with Crippen LogP contribution in [0.4, 0.5) is 0 Å². The maximum Gasteiger partial charge on any atom is 0.0860 e. The number of aromatic nitrogens is 2. The normalized spacial score (nSPS) is 31.3. The lowest BCUT2D eigenvalue weighted by atomic mass is 9.94. The Morgan fingerprint density at radius 3 is 2.70 bits per heavy atom. The number of nitrogens with zero attached hydrogens (tertiary/aromatic N) is 3. The maximum absolute atomic E-state index is 10.2. The average Bonchev–Trinajstić information content (AvgIpc) is 3.07. The van der Waals surface area contributed by atoms with Crippen molar-refractivity contribution in [3.05, 3.63) is 16.4 Å². The third kappa shape index (κ3) is 2.49. The second-order valence-corrected chi connectivity index (χ2v) is 6.69. The van der Waals surface area contributed by atoms with E-state index in [1.165, 1.54) is 25.7 Å². The number of aliphatic hydroxyl groups is 1. The molecule has 2 aliphatic rings. The van der Waals surface area contributed by atoms with Gasteiger partial charge in [0.15, 0.2) is 0 Å². The number of hydrogen-bond donors (Lipinski definition) is 1. The Labute approximate surface area is 125 Å². The van der Waals surface area contributed by atoms with E-state index in [0.29, 0.717) is 12.0 Å². The van der Waals surface area contributed by atoms with Gasteiger partial charge in [-0.15, -0.1) is 0 Å². The van der Waals surface area contributed by atoms with Crippen molar-refractivity contribution in [3.8, 4) is 0 Å². The molecule has 3 atom stereocenters. The summed E-state index contributed by atoms with van der Waals surface area (Å²) in [4.78, 5) is 2.50. The van der Waals surface area contributed by atoms with E-state index in [1.54, 1.807) is 0 Å². The van der Waals surface area contributed by atoms with Crippen molar-refractivity contribution in [2.45, 2.75) is 57.7 Å². The first-order chi connectivity index (χ1) is 9.58. The van der Waals surface area contributed by atoms with E-state index in [-0.39, 0.29) is 6.10 Å². The Bertz CT molecular complexity index is 488. The fourth-order valence-corrected chi connectivity index (χ4v) is 4.22. The van der Waals surface area contributed by atoms with Gasteiger partial charge in [-0.25, -0.2) is 0 Å². The lowest BCUT2D eigenvalue weighted by Gasteiger charge is -2.31. The second-order valence-electron chi connectivity index (χ2n) is 6.31. The van der Waals surface area contributed by atoms with Crippen LogP contribution < -0.4 is 0 Å². The fraction of sp³-hybridized carbons (Fsp3) is 0.800. The van der Waals surface area contributed by atoms with Gasteiger partial charge in [0.05, 0.1) is 22.5 Å². The Kier molecular flexibility index (Phi) is 4.07. The van der Waals surface area contributed by atoms with E-state index in [2.05, 4.69) is 10.00 Å². The van der Waals surface area contributed by atoms with Crippen LogP contribution in [0.25, 0.3) is 0 Å². The zero-order chi connectivity index (χ0) is 14.3. The van der Waals surface area contributed by atoms with Crippen LogP contribution in [0, 0.1) is 12.8 Å². The average molecular weight is 298 g/mol. The molecule has 1 saturated heterocycles. The standard InChI is InChI=1S/C15H24ClN3O/c1-10-15(16)13(18(2)17-10)9-19-8-4-6-12(19)11-5-3-7-14(11)20/h11-12,14,20H,3-9H2,1-2H3. The van der Waals surface area contributed by atoms with Gasteiger partial charge >= 0.3 is 0 Å². The molecule has 112 valence electrons. The minimum absolute atomic E-state index is 0.107. The largest absolute Gasteiger partial charge is 0.393 e. The summed E-state index contributed by atoms with van der Waals surface area (Å²) in [6, 6.07) is 0.513. The predicted octanol–water partition coefficient (Wildman–Crippen LogP) is 2.51. The van der Waals surface area contributed by atoms with Crippen LogP contribution in [0.1, 0.15) is 43.5 Å². The Balaban J connectivity index is 1.76. The van der Waals surface area contributed by atoms with Gasteiger partial charge in [0.1, 0.15) is 0 Å². The molecule has 5 heteroatoms. The van der Waals surface area contributed by atoms with Crippen molar-refractivity contribution in [2.75, 3.05) is 6.54 Å². The minimum atomic E-state index is -0.107. The van der Waals surface area contributed by atoms with Gasteiger partial charge in [-0.2, -0.15) is 5.10 Å². The van der Waals surface area contributed by atoms with Crippen LogP contribution in [-0.2, 0) is 13.6 Å². The van der Waals surface area contributed by atoms with E-state index < -0.39 is 0 Å². The highest BCUT2D eigenvalue weighted by molar-refractivity contribution is 6.31. The van der Waals surface area contributed by atoms with Gasteiger partial charge in [0.2, 0.25) is 0 Å². The summed E-state index contributed by atoms with van der Waals surface area (Å²) in [6.45, 7) is 3.91. The Hall–Kier alpha value is -0.580. The number of halogens is 1. The first-order valence-corrected chi connectivity index (χ1v) is 8.06.